The molecule has 0 aromatic heterocycles. The number of hydrogen-bond acceptors (Lipinski definition) is 6. The van der Waals surface area contributed by atoms with Gasteiger partial charge in [-0.2, -0.15) is 0 Å². The molecule has 3 N–H and O–H groups in total. The fourth-order valence-corrected chi connectivity index (χ4v) is 4.66. The number of carboxylic acid groups (broad SMARTS) is 1. The van der Waals surface area contributed by atoms with Gasteiger partial charge in [0.2, 0.25) is 5.91 Å². The minimum absolute atomic E-state index is 0.0727. The van der Waals surface area contributed by atoms with Crippen molar-refractivity contribution in [1.82, 2.24) is 10.6 Å². The van der Waals surface area contributed by atoms with Gasteiger partial charge in [0.15, 0.2) is 6.04 Å². The summed E-state index contributed by atoms with van der Waals surface area (Å²) in [5.41, 5.74) is 5.19. The number of aliphatic carboxylic acids is 1. The molecule has 0 spiro atoms. The number of alkyl carbamates (subject to hydrolysis) is 1. The second-order valence-corrected chi connectivity index (χ2v) is 9.30. The lowest BCUT2D eigenvalue weighted by Crippen LogP contribution is -2.56. The summed E-state index contributed by atoms with van der Waals surface area (Å²) in [6, 6.07) is 22.7. The summed E-state index contributed by atoms with van der Waals surface area (Å²) in [7, 11) is 1.37. The van der Waals surface area contributed by atoms with E-state index in [-0.39, 0.29) is 25.7 Å². The smallest absolute Gasteiger partial charge is 0.407 e. The van der Waals surface area contributed by atoms with Crippen LogP contribution >= 0.6 is 0 Å². The first-order valence-corrected chi connectivity index (χ1v) is 12.7. The lowest BCUT2D eigenvalue weighted by molar-refractivity contribution is -0.147. The van der Waals surface area contributed by atoms with E-state index < -0.39 is 36.2 Å². The van der Waals surface area contributed by atoms with Crippen molar-refractivity contribution in [2.45, 2.75) is 37.6 Å². The Kier molecular flexibility index (Phi) is 9.30. The van der Waals surface area contributed by atoms with Crippen LogP contribution in [0.3, 0.4) is 0 Å². The number of rotatable bonds is 12. The molecule has 0 saturated heterocycles. The van der Waals surface area contributed by atoms with Gasteiger partial charge in [0.25, 0.3) is 0 Å². The minimum Gasteiger partial charge on any atom is -0.480 e. The summed E-state index contributed by atoms with van der Waals surface area (Å²) in [6.45, 7) is 1.64. The number of hydrogen-bond donors (Lipinski definition) is 3. The van der Waals surface area contributed by atoms with Crippen LogP contribution in [0.2, 0.25) is 0 Å². The molecule has 204 valence electrons. The van der Waals surface area contributed by atoms with Crippen molar-refractivity contribution in [1.29, 1.82) is 0 Å². The van der Waals surface area contributed by atoms with Crippen LogP contribution in [0.15, 0.2) is 78.9 Å². The molecule has 0 heterocycles. The van der Waals surface area contributed by atoms with Gasteiger partial charge in [-0.3, -0.25) is 4.79 Å². The van der Waals surface area contributed by atoms with E-state index in [9.17, 15) is 19.5 Å². The van der Waals surface area contributed by atoms with Crippen molar-refractivity contribution in [3.8, 4) is 11.1 Å². The van der Waals surface area contributed by atoms with Crippen molar-refractivity contribution in [3.63, 3.8) is 0 Å². The zero-order valence-electron chi connectivity index (χ0n) is 21.8. The summed E-state index contributed by atoms with van der Waals surface area (Å²) in [6.07, 6.45) is -1.65. The maximum Gasteiger partial charge on any atom is 0.407 e. The van der Waals surface area contributed by atoms with Gasteiger partial charge in [0.1, 0.15) is 12.6 Å². The second kappa shape index (κ2) is 13.0. The third-order valence-corrected chi connectivity index (χ3v) is 6.67. The van der Waals surface area contributed by atoms with Crippen LogP contribution in [0.1, 0.15) is 29.5 Å². The number of ether oxygens (including phenoxy) is 3. The molecule has 0 aliphatic heterocycles. The zero-order valence-corrected chi connectivity index (χ0v) is 21.8. The van der Waals surface area contributed by atoms with Crippen molar-refractivity contribution in [3.05, 3.63) is 95.6 Å². The van der Waals surface area contributed by atoms with Crippen molar-refractivity contribution in [2.24, 2.45) is 0 Å². The maximum absolute atomic E-state index is 13.0. The first-order chi connectivity index (χ1) is 18.9. The molecule has 0 radical (unpaired) electrons. The van der Waals surface area contributed by atoms with Gasteiger partial charge in [-0.15, -0.1) is 0 Å². The molecule has 0 fully saturated rings. The number of amides is 2. The van der Waals surface area contributed by atoms with Crippen LogP contribution < -0.4 is 10.6 Å². The number of carboxylic acids is 1. The van der Waals surface area contributed by atoms with Crippen LogP contribution in [-0.4, -0.2) is 61.6 Å². The van der Waals surface area contributed by atoms with E-state index in [1.165, 1.54) is 7.11 Å². The lowest BCUT2D eigenvalue weighted by atomic mass is 9.98. The summed E-state index contributed by atoms with van der Waals surface area (Å²) in [4.78, 5) is 37.6. The molecule has 1 aliphatic rings. The normalized spacial score (nSPS) is 14.4. The summed E-state index contributed by atoms with van der Waals surface area (Å²) >= 11 is 0. The summed E-state index contributed by atoms with van der Waals surface area (Å²) in [5, 5.41) is 14.7. The Morgan fingerprint density at radius 2 is 1.46 bits per heavy atom. The Morgan fingerprint density at radius 1 is 0.872 bits per heavy atom. The number of nitrogens with one attached hydrogen (secondary N) is 2. The van der Waals surface area contributed by atoms with E-state index in [2.05, 4.69) is 10.6 Å². The van der Waals surface area contributed by atoms with Gasteiger partial charge in [-0.25, -0.2) is 9.59 Å². The highest BCUT2D eigenvalue weighted by Gasteiger charge is 2.32. The van der Waals surface area contributed by atoms with Crippen LogP contribution in [-0.2, 0) is 30.4 Å². The van der Waals surface area contributed by atoms with E-state index in [1.54, 1.807) is 6.92 Å². The van der Waals surface area contributed by atoms with E-state index in [0.29, 0.717) is 0 Å². The maximum atomic E-state index is 13.0. The zero-order chi connectivity index (χ0) is 27.8. The molecule has 2 amide bonds. The standard InChI is InChI=1S/C30H32N2O7/c1-19(38-16-20-10-4-3-5-11-20)27(29(34)35)32-28(33)26(18-37-2)31-30(36)39-17-25-23-14-8-6-12-21(23)22-13-7-9-15-24(22)25/h3-15,19,25-27H,16-18H2,1-2H3,(H,31,36)(H,32,33)(H,34,35)/t19?,26-,27?/m0/s1. The number of fused-ring (bicyclic) bond motifs is 3. The molecule has 9 heteroatoms. The van der Waals surface area contributed by atoms with Gasteiger partial charge >= 0.3 is 12.1 Å². The predicted octanol–water partition coefficient (Wildman–Crippen LogP) is 3.71. The molecule has 39 heavy (non-hydrogen) atoms. The van der Waals surface area contributed by atoms with E-state index in [4.69, 9.17) is 14.2 Å². The highest BCUT2D eigenvalue weighted by atomic mass is 16.5. The Labute approximate surface area is 227 Å². The first kappa shape index (κ1) is 27.8. The van der Waals surface area contributed by atoms with Crippen molar-refractivity contribution in [2.75, 3.05) is 20.3 Å². The fraction of sp³-hybridized carbons (Fsp3) is 0.300. The van der Waals surface area contributed by atoms with Crippen molar-refractivity contribution >= 4 is 18.0 Å². The number of carbonyl (C=O) groups is 3. The third kappa shape index (κ3) is 6.81. The van der Waals surface area contributed by atoms with E-state index >= 15 is 0 Å². The number of methoxy groups -OCH3 is 1. The molecule has 3 atom stereocenters. The highest BCUT2D eigenvalue weighted by Crippen LogP contribution is 2.44. The van der Waals surface area contributed by atoms with Gasteiger partial charge in [0, 0.05) is 13.0 Å². The van der Waals surface area contributed by atoms with E-state index in [1.807, 2.05) is 78.9 Å². The monoisotopic (exact) mass is 532 g/mol. The van der Waals surface area contributed by atoms with Crippen LogP contribution in [0, 0.1) is 0 Å². The Hall–Kier alpha value is -4.21. The predicted molar refractivity (Wildman–Crippen MR) is 144 cm³/mol. The Morgan fingerprint density at radius 3 is 2.05 bits per heavy atom. The van der Waals surface area contributed by atoms with Gasteiger partial charge in [-0.1, -0.05) is 78.9 Å². The second-order valence-electron chi connectivity index (χ2n) is 9.30. The Balaban J connectivity index is 1.35. The molecule has 3 aromatic carbocycles. The lowest BCUT2D eigenvalue weighted by Gasteiger charge is -2.25. The SMILES string of the molecule is COC[C@H](NC(=O)OCC1c2ccccc2-c2ccccc21)C(=O)NC(C(=O)O)C(C)OCc1ccccc1. The average Bonchev–Trinajstić information content (AvgIpc) is 3.27. The quantitative estimate of drug-likeness (QED) is 0.325. The highest BCUT2D eigenvalue weighted by molar-refractivity contribution is 5.89. The Bertz CT molecular complexity index is 1250. The fourth-order valence-electron chi connectivity index (χ4n) is 4.66. The topological polar surface area (TPSA) is 123 Å². The van der Waals surface area contributed by atoms with Crippen molar-refractivity contribution < 1.29 is 33.7 Å². The number of carbonyl (C=O) groups excluding carboxylic acids is 2. The molecule has 0 saturated carbocycles. The molecule has 9 nitrogen and oxygen atoms in total. The van der Waals surface area contributed by atoms with Gasteiger partial charge in [-0.05, 0) is 34.7 Å². The first-order valence-electron chi connectivity index (χ1n) is 12.7. The van der Waals surface area contributed by atoms with Crippen LogP contribution in [0.4, 0.5) is 4.79 Å². The molecule has 2 unspecified atom stereocenters. The minimum atomic E-state index is -1.34. The molecule has 1 aliphatic carbocycles. The van der Waals surface area contributed by atoms with Gasteiger partial charge < -0.3 is 30.0 Å². The molecule has 4 rings (SSSR count). The molecular weight excluding hydrogens is 500 g/mol. The van der Waals surface area contributed by atoms with E-state index in [0.717, 1.165) is 27.8 Å². The average molecular weight is 533 g/mol. The third-order valence-electron chi connectivity index (χ3n) is 6.67. The van der Waals surface area contributed by atoms with Crippen LogP contribution in [0.25, 0.3) is 11.1 Å². The molecule has 3 aromatic rings. The van der Waals surface area contributed by atoms with Crippen LogP contribution in [0.5, 0.6) is 0 Å². The van der Waals surface area contributed by atoms with Gasteiger partial charge in [0.05, 0.1) is 19.3 Å². The summed E-state index contributed by atoms with van der Waals surface area (Å²) in [5.74, 6) is -2.13. The number of benzene rings is 3. The molecule has 0 bridgehead atoms. The largest absolute Gasteiger partial charge is 0.480 e. The summed E-state index contributed by atoms with van der Waals surface area (Å²) < 4.78 is 16.3. The molecular formula is C30H32N2O7.